The Morgan fingerprint density at radius 3 is 2.11 bits per heavy atom. The summed E-state index contributed by atoms with van der Waals surface area (Å²) >= 11 is 0. The van der Waals surface area contributed by atoms with E-state index in [0.717, 1.165) is 35.6 Å². The van der Waals surface area contributed by atoms with Gasteiger partial charge in [0, 0.05) is 25.7 Å². The zero-order chi connectivity index (χ0) is 13.3. The fourth-order valence-corrected chi connectivity index (χ4v) is 4.25. The Morgan fingerprint density at radius 2 is 1.56 bits per heavy atom. The molecule has 1 heterocycles. The molecule has 0 spiro atoms. The highest BCUT2D eigenvalue weighted by molar-refractivity contribution is 4.90. The summed E-state index contributed by atoms with van der Waals surface area (Å²) in [4.78, 5) is 2.72. The Morgan fingerprint density at radius 1 is 0.944 bits per heavy atom. The summed E-state index contributed by atoms with van der Waals surface area (Å²) in [6, 6.07) is 0.731. The molecule has 1 aliphatic heterocycles. The van der Waals surface area contributed by atoms with Gasteiger partial charge in [-0.2, -0.15) is 0 Å². The molecular formula is C16H32N2. The zero-order valence-electron chi connectivity index (χ0n) is 12.9. The molecule has 106 valence electrons. The first-order valence-corrected chi connectivity index (χ1v) is 7.90. The predicted octanol–water partition coefficient (Wildman–Crippen LogP) is 2.84. The Labute approximate surface area is 114 Å². The molecule has 0 amide bonds. The molecular weight excluding hydrogens is 220 g/mol. The number of rotatable bonds is 3. The summed E-state index contributed by atoms with van der Waals surface area (Å²) in [6.07, 6.45) is 2.78. The van der Waals surface area contributed by atoms with Crippen molar-refractivity contribution in [1.82, 2.24) is 10.2 Å². The second-order valence-corrected chi connectivity index (χ2v) is 7.29. The third-order valence-corrected chi connectivity index (χ3v) is 5.58. The van der Waals surface area contributed by atoms with Crippen molar-refractivity contribution < 1.29 is 0 Å². The van der Waals surface area contributed by atoms with Crippen molar-refractivity contribution in [1.29, 1.82) is 0 Å². The van der Waals surface area contributed by atoms with Gasteiger partial charge in [-0.05, 0) is 49.5 Å². The van der Waals surface area contributed by atoms with Gasteiger partial charge in [-0.1, -0.05) is 27.7 Å². The second kappa shape index (κ2) is 5.92. The molecule has 0 aromatic rings. The minimum Gasteiger partial charge on any atom is -0.317 e. The molecule has 2 aliphatic rings. The SMILES string of the molecule is CNC1CC(C)CC(C)C1CN1CC(C)C(C)C1. The molecule has 1 saturated heterocycles. The minimum absolute atomic E-state index is 0.731. The third-order valence-electron chi connectivity index (χ3n) is 5.58. The lowest BCUT2D eigenvalue weighted by Gasteiger charge is -2.41. The Hall–Kier alpha value is -0.0800. The molecule has 6 atom stereocenters. The summed E-state index contributed by atoms with van der Waals surface area (Å²) < 4.78 is 0. The summed E-state index contributed by atoms with van der Waals surface area (Å²) in [5, 5.41) is 3.58. The van der Waals surface area contributed by atoms with Gasteiger partial charge in [0.05, 0.1) is 0 Å². The molecule has 2 nitrogen and oxygen atoms in total. The van der Waals surface area contributed by atoms with E-state index in [2.05, 4.69) is 45.0 Å². The smallest absolute Gasteiger partial charge is 0.0110 e. The van der Waals surface area contributed by atoms with Gasteiger partial charge in [0.25, 0.3) is 0 Å². The van der Waals surface area contributed by atoms with Crippen molar-refractivity contribution in [2.75, 3.05) is 26.7 Å². The van der Waals surface area contributed by atoms with Gasteiger partial charge in [-0.15, -0.1) is 0 Å². The maximum Gasteiger partial charge on any atom is 0.0110 e. The number of nitrogens with one attached hydrogen (secondary N) is 1. The Kier molecular flexibility index (Phi) is 4.71. The van der Waals surface area contributed by atoms with Crippen LogP contribution in [0, 0.1) is 29.6 Å². The van der Waals surface area contributed by atoms with Gasteiger partial charge in [0.15, 0.2) is 0 Å². The van der Waals surface area contributed by atoms with E-state index >= 15 is 0 Å². The molecule has 0 aromatic heterocycles. The van der Waals surface area contributed by atoms with Gasteiger partial charge in [-0.3, -0.25) is 0 Å². The van der Waals surface area contributed by atoms with Crippen LogP contribution in [0.1, 0.15) is 40.5 Å². The zero-order valence-corrected chi connectivity index (χ0v) is 12.9. The van der Waals surface area contributed by atoms with Crippen molar-refractivity contribution in [3.8, 4) is 0 Å². The summed E-state index contributed by atoms with van der Waals surface area (Å²) in [5.41, 5.74) is 0. The fraction of sp³-hybridized carbons (Fsp3) is 1.00. The van der Waals surface area contributed by atoms with E-state index in [4.69, 9.17) is 0 Å². The Balaban J connectivity index is 1.94. The highest BCUT2D eigenvalue weighted by Crippen LogP contribution is 2.35. The van der Waals surface area contributed by atoms with Crippen LogP contribution in [-0.2, 0) is 0 Å². The highest BCUT2D eigenvalue weighted by Gasteiger charge is 2.36. The largest absolute Gasteiger partial charge is 0.317 e. The van der Waals surface area contributed by atoms with Crippen LogP contribution in [0.4, 0.5) is 0 Å². The first-order valence-electron chi connectivity index (χ1n) is 7.90. The highest BCUT2D eigenvalue weighted by atomic mass is 15.2. The van der Waals surface area contributed by atoms with E-state index in [-0.39, 0.29) is 0 Å². The van der Waals surface area contributed by atoms with Crippen LogP contribution in [0.15, 0.2) is 0 Å². The quantitative estimate of drug-likeness (QED) is 0.831. The number of nitrogens with zero attached hydrogens (tertiary/aromatic N) is 1. The normalized spacial score (nSPS) is 46.5. The van der Waals surface area contributed by atoms with Crippen molar-refractivity contribution >= 4 is 0 Å². The molecule has 6 unspecified atom stereocenters. The van der Waals surface area contributed by atoms with E-state index in [1.165, 1.54) is 32.5 Å². The van der Waals surface area contributed by atoms with Gasteiger partial charge in [0.2, 0.25) is 0 Å². The van der Waals surface area contributed by atoms with E-state index < -0.39 is 0 Å². The molecule has 0 radical (unpaired) electrons. The predicted molar refractivity (Wildman–Crippen MR) is 78.7 cm³/mol. The average molecular weight is 252 g/mol. The molecule has 2 rings (SSSR count). The average Bonchev–Trinajstić information content (AvgIpc) is 2.61. The van der Waals surface area contributed by atoms with Gasteiger partial charge in [0.1, 0.15) is 0 Å². The van der Waals surface area contributed by atoms with Crippen molar-refractivity contribution in [3.63, 3.8) is 0 Å². The molecule has 2 heteroatoms. The van der Waals surface area contributed by atoms with Crippen LogP contribution >= 0.6 is 0 Å². The van der Waals surface area contributed by atoms with Gasteiger partial charge < -0.3 is 10.2 Å². The molecule has 2 fully saturated rings. The van der Waals surface area contributed by atoms with Crippen LogP contribution in [-0.4, -0.2) is 37.6 Å². The standard InChI is InChI=1S/C16H32N2/c1-11-6-12(2)15(16(7-11)17-5)10-18-8-13(3)14(4)9-18/h11-17H,6-10H2,1-5H3. The van der Waals surface area contributed by atoms with Crippen LogP contribution in [0.5, 0.6) is 0 Å². The first kappa shape index (κ1) is 14.3. The fourth-order valence-electron chi connectivity index (χ4n) is 4.25. The summed E-state index contributed by atoms with van der Waals surface area (Å²) in [7, 11) is 2.15. The lowest BCUT2D eigenvalue weighted by molar-refractivity contribution is 0.113. The molecule has 1 N–H and O–H groups in total. The summed E-state index contributed by atoms with van der Waals surface area (Å²) in [5.74, 6) is 4.39. The van der Waals surface area contributed by atoms with Crippen molar-refractivity contribution in [2.24, 2.45) is 29.6 Å². The molecule has 0 aromatic carbocycles. The first-order chi connectivity index (χ1) is 8.51. The molecule has 0 bridgehead atoms. The molecule has 1 aliphatic carbocycles. The lowest BCUT2D eigenvalue weighted by atomic mass is 9.72. The van der Waals surface area contributed by atoms with E-state index in [9.17, 15) is 0 Å². The maximum absolute atomic E-state index is 3.58. The minimum atomic E-state index is 0.731. The number of likely N-dealkylation sites (tertiary alicyclic amines) is 1. The number of hydrogen-bond donors (Lipinski definition) is 1. The van der Waals surface area contributed by atoms with Crippen molar-refractivity contribution in [3.05, 3.63) is 0 Å². The van der Waals surface area contributed by atoms with Crippen LogP contribution in [0.3, 0.4) is 0 Å². The second-order valence-electron chi connectivity index (χ2n) is 7.29. The third kappa shape index (κ3) is 3.08. The van der Waals surface area contributed by atoms with Gasteiger partial charge in [-0.25, -0.2) is 0 Å². The van der Waals surface area contributed by atoms with Crippen molar-refractivity contribution in [2.45, 2.75) is 46.6 Å². The van der Waals surface area contributed by atoms with E-state index in [1.807, 2.05) is 0 Å². The number of hydrogen-bond acceptors (Lipinski definition) is 2. The Bertz CT molecular complexity index is 256. The van der Waals surface area contributed by atoms with Crippen LogP contribution < -0.4 is 5.32 Å². The topological polar surface area (TPSA) is 15.3 Å². The monoisotopic (exact) mass is 252 g/mol. The van der Waals surface area contributed by atoms with Crippen LogP contribution in [0.2, 0.25) is 0 Å². The summed E-state index contributed by atoms with van der Waals surface area (Å²) in [6.45, 7) is 13.6. The van der Waals surface area contributed by atoms with E-state index in [1.54, 1.807) is 0 Å². The molecule has 1 saturated carbocycles. The van der Waals surface area contributed by atoms with E-state index in [0.29, 0.717) is 0 Å². The maximum atomic E-state index is 3.58. The lowest BCUT2D eigenvalue weighted by Crippen LogP contribution is -2.47. The van der Waals surface area contributed by atoms with Gasteiger partial charge >= 0.3 is 0 Å². The molecule has 18 heavy (non-hydrogen) atoms. The van der Waals surface area contributed by atoms with Crippen LogP contribution in [0.25, 0.3) is 0 Å².